The highest BCUT2D eigenvalue weighted by Crippen LogP contribution is 2.32. The Balaban J connectivity index is 1.38. The van der Waals surface area contributed by atoms with Crippen molar-refractivity contribution in [2.24, 2.45) is 0 Å². The maximum absolute atomic E-state index is 13.8. The number of hydrogen-bond acceptors (Lipinski definition) is 4. The van der Waals surface area contributed by atoms with Gasteiger partial charge in [-0.05, 0) is 36.0 Å². The lowest BCUT2D eigenvalue weighted by molar-refractivity contribution is -0.122. The monoisotopic (exact) mass is 409 g/mol. The molecule has 3 amide bonds. The lowest BCUT2D eigenvalue weighted by atomic mass is 10.2. The van der Waals surface area contributed by atoms with Crippen LogP contribution in [0.5, 0.6) is 0 Å². The predicted octanol–water partition coefficient (Wildman–Crippen LogP) is 3.77. The lowest BCUT2D eigenvalue weighted by Crippen LogP contribution is -2.37. The molecule has 2 heterocycles. The Kier molecular flexibility index (Phi) is 5.18. The van der Waals surface area contributed by atoms with E-state index in [4.69, 9.17) is 0 Å². The molecular formula is C21H16FN3O3S. The van der Waals surface area contributed by atoms with Crippen LogP contribution < -0.4 is 5.32 Å². The number of para-hydroxylation sites is 1. The lowest BCUT2D eigenvalue weighted by Gasteiger charge is -2.12. The first-order chi connectivity index (χ1) is 14.0. The predicted molar refractivity (Wildman–Crippen MR) is 110 cm³/mol. The Hall–Kier alpha value is -3.39. The van der Waals surface area contributed by atoms with Crippen LogP contribution in [0.15, 0.2) is 59.5 Å². The van der Waals surface area contributed by atoms with Gasteiger partial charge in [-0.3, -0.25) is 19.3 Å². The molecule has 4 rings (SSSR count). The molecule has 0 saturated carbocycles. The minimum atomic E-state index is -0.497. The van der Waals surface area contributed by atoms with Crippen molar-refractivity contribution < 1.29 is 18.8 Å². The molecule has 0 atom stereocenters. The molecule has 29 heavy (non-hydrogen) atoms. The number of H-pyrrole nitrogens is 1. The Labute approximate surface area is 169 Å². The van der Waals surface area contributed by atoms with Crippen LogP contribution in [0.4, 0.5) is 9.18 Å². The van der Waals surface area contributed by atoms with E-state index in [1.165, 1.54) is 18.2 Å². The summed E-state index contributed by atoms with van der Waals surface area (Å²) >= 11 is 0.757. The quantitative estimate of drug-likeness (QED) is 0.629. The van der Waals surface area contributed by atoms with Gasteiger partial charge in [-0.25, -0.2) is 4.39 Å². The van der Waals surface area contributed by atoms with Crippen molar-refractivity contribution in [1.82, 2.24) is 15.2 Å². The molecule has 1 aliphatic heterocycles. The minimum absolute atomic E-state index is 0.0330. The van der Waals surface area contributed by atoms with Gasteiger partial charge < -0.3 is 10.3 Å². The molecule has 1 saturated heterocycles. The summed E-state index contributed by atoms with van der Waals surface area (Å²) in [6.07, 6.45) is 1.36. The van der Waals surface area contributed by atoms with Gasteiger partial charge in [-0.2, -0.15) is 0 Å². The minimum Gasteiger partial charge on any atom is -0.351 e. The normalized spacial score (nSPS) is 15.5. The van der Waals surface area contributed by atoms with Gasteiger partial charge in [0.05, 0.1) is 4.91 Å². The first-order valence-electron chi connectivity index (χ1n) is 8.89. The number of fused-ring (bicyclic) bond motifs is 1. The number of imide groups is 1. The van der Waals surface area contributed by atoms with Gasteiger partial charge in [0.15, 0.2) is 0 Å². The van der Waals surface area contributed by atoms with Crippen LogP contribution in [0.3, 0.4) is 0 Å². The van der Waals surface area contributed by atoms with Gasteiger partial charge in [-0.15, -0.1) is 0 Å². The van der Waals surface area contributed by atoms with E-state index in [1.54, 1.807) is 18.2 Å². The molecule has 3 aromatic rings. The van der Waals surface area contributed by atoms with Crippen molar-refractivity contribution in [3.05, 3.63) is 76.6 Å². The van der Waals surface area contributed by atoms with Crippen LogP contribution in [0.25, 0.3) is 17.0 Å². The Morgan fingerprint density at radius 3 is 2.69 bits per heavy atom. The van der Waals surface area contributed by atoms with E-state index in [2.05, 4.69) is 10.3 Å². The summed E-state index contributed by atoms with van der Waals surface area (Å²) in [6, 6.07) is 15.3. The number of benzene rings is 2. The van der Waals surface area contributed by atoms with E-state index in [-0.39, 0.29) is 29.5 Å². The summed E-state index contributed by atoms with van der Waals surface area (Å²) in [7, 11) is 0. The highest BCUT2D eigenvalue weighted by Gasteiger charge is 2.34. The van der Waals surface area contributed by atoms with Gasteiger partial charge in [0.2, 0.25) is 0 Å². The highest BCUT2D eigenvalue weighted by atomic mass is 32.2. The molecule has 1 aliphatic rings. The zero-order valence-electron chi connectivity index (χ0n) is 15.1. The average molecular weight is 409 g/mol. The molecule has 0 bridgehead atoms. The van der Waals surface area contributed by atoms with Crippen LogP contribution in [0.1, 0.15) is 16.1 Å². The van der Waals surface area contributed by atoms with E-state index in [0.717, 1.165) is 27.6 Å². The van der Waals surface area contributed by atoms with Crippen molar-refractivity contribution in [2.75, 3.05) is 13.1 Å². The van der Waals surface area contributed by atoms with Crippen molar-refractivity contribution >= 4 is 45.8 Å². The highest BCUT2D eigenvalue weighted by molar-refractivity contribution is 8.18. The van der Waals surface area contributed by atoms with Crippen LogP contribution >= 0.6 is 11.8 Å². The molecule has 1 fully saturated rings. The van der Waals surface area contributed by atoms with E-state index in [0.29, 0.717) is 5.69 Å². The molecule has 0 unspecified atom stereocenters. The number of nitrogens with zero attached hydrogens (tertiary/aromatic N) is 1. The van der Waals surface area contributed by atoms with Crippen LogP contribution in [0, 0.1) is 5.82 Å². The second-order valence-corrected chi connectivity index (χ2v) is 7.37. The third kappa shape index (κ3) is 3.93. The third-order valence-corrected chi connectivity index (χ3v) is 5.37. The molecule has 0 aliphatic carbocycles. The van der Waals surface area contributed by atoms with Gasteiger partial charge in [-0.1, -0.05) is 36.4 Å². The molecule has 0 radical (unpaired) electrons. The number of halogens is 1. The maximum Gasteiger partial charge on any atom is 0.293 e. The Morgan fingerprint density at radius 1 is 1.14 bits per heavy atom. The first kappa shape index (κ1) is 18.9. The smallest absolute Gasteiger partial charge is 0.293 e. The number of hydrogen-bond donors (Lipinski definition) is 2. The average Bonchev–Trinajstić information content (AvgIpc) is 3.26. The van der Waals surface area contributed by atoms with Gasteiger partial charge in [0, 0.05) is 29.6 Å². The van der Waals surface area contributed by atoms with Crippen LogP contribution in [0.2, 0.25) is 0 Å². The summed E-state index contributed by atoms with van der Waals surface area (Å²) < 4.78 is 13.8. The maximum atomic E-state index is 13.8. The Bertz CT molecular complexity index is 1120. The SMILES string of the molecule is O=C(NCCN1C(=O)S/C(=C\c2ccccc2F)C1=O)c1cc2ccccc2[nH]1. The zero-order valence-corrected chi connectivity index (χ0v) is 16.0. The largest absolute Gasteiger partial charge is 0.351 e. The number of amides is 3. The number of aromatic amines is 1. The van der Waals surface area contributed by atoms with E-state index in [9.17, 15) is 18.8 Å². The summed E-state index contributed by atoms with van der Waals surface area (Å²) in [5.41, 5.74) is 1.49. The topological polar surface area (TPSA) is 82.3 Å². The second-order valence-electron chi connectivity index (χ2n) is 6.38. The molecule has 0 spiro atoms. The number of aromatic nitrogens is 1. The number of carbonyl (C=O) groups excluding carboxylic acids is 3. The summed E-state index contributed by atoms with van der Waals surface area (Å²) in [4.78, 5) is 41.1. The fraction of sp³-hybridized carbons (Fsp3) is 0.0952. The molecule has 8 heteroatoms. The summed E-state index contributed by atoms with van der Waals surface area (Å²) in [6.45, 7) is 0.143. The number of thioether (sulfide) groups is 1. The van der Waals surface area contributed by atoms with Gasteiger partial charge in [0.1, 0.15) is 11.5 Å². The van der Waals surface area contributed by atoms with Crippen LogP contribution in [-0.2, 0) is 4.79 Å². The second kappa shape index (κ2) is 7.92. The molecule has 2 aromatic carbocycles. The van der Waals surface area contributed by atoms with Crippen molar-refractivity contribution in [3.8, 4) is 0 Å². The first-order valence-corrected chi connectivity index (χ1v) is 9.70. The molecule has 6 nitrogen and oxygen atoms in total. The van der Waals surface area contributed by atoms with E-state index < -0.39 is 17.0 Å². The number of nitrogens with one attached hydrogen (secondary N) is 2. The molecule has 1 aromatic heterocycles. The van der Waals surface area contributed by atoms with Crippen molar-refractivity contribution in [1.29, 1.82) is 0 Å². The standard InChI is InChI=1S/C21H16FN3O3S/c22-15-7-3-1-5-13(15)12-18-20(27)25(21(28)29-18)10-9-23-19(26)17-11-14-6-2-4-8-16(14)24-17/h1-8,11-12,24H,9-10H2,(H,23,26)/b18-12-. The fourth-order valence-electron chi connectivity index (χ4n) is 3.00. The van der Waals surface area contributed by atoms with Gasteiger partial charge in [0.25, 0.3) is 17.1 Å². The van der Waals surface area contributed by atoms with Crippen molar-refractivity contribution in [3.63, 3.8) is 0 Å². The number of carbonyl (C=O) groups is 3. The van der Waals surface area contributed by atoms with Crippen LogP contribution in [-0.4, -0.2) is 40.0 Å². The summed E-state index contributed by atoms with van der Waals surface area (Å²) in [5, 5.41) is 3.17. The Morgan fingerprint density at radius 2 is 1.90 bits per heavy atom. The molecular weight excluding hydrogens is 393 g/mol. The van der Waals surface area contributed by atoms with E-state index >= 15 is 0 Å². The van der Waals surface area contributed by atoms with E-state index in [1.807, 2.05) is 24.3 Å². The summed E-state index contributed by atoms with van der Waals surface area (Å²) in [5.74, 6) is -1.29. The molecule has 146 valence electrons. The van der Waals surface area contributed by atoms with Gasteiger partial charge >= 0.3 is 0 Å². The third-order valence-electron chi connectivity index (χ3n) is 4.46. The fourth-order valence-corrected chi connectivity index (χ4v) is 3.85. The number of rotatable bonds is 5. The van der Waals surface area contributed by atoms with Crippen molar-refractivity contribution in [2.45, 2.75) is 0 Å². The zero-order chi connectivity index (χ0) is 20.4. The molecule has 2 N–H and O–H groups in total.